The topological polar surface area (TPSA) is 126 Å². The third-order valence-corrected chi connectivity index (χ3v) is 2.48. The van der Waals surface area contributed by atoms with Crippen LogP contribution in [-0.2, 0) is 9.59 Å². The second kappa shape index (κ2) is 7.31. The first kappa shape index (κ1) is 15.7. The van der Waals surface area contributed by atoms with Gasteiger partial charge in [-0.05, 0) is 31.2 Å². The summed E-state index contributed by atoms with van der Waals surface area (Å²) in [5.41, 5.74) is 0.811. The predicted molar refractivity (Wildman–Crippen MR) is 73.7 cm³/mol. The van der Waals surface area contributed by atoms with E-state index in [2.05, 4.69) is 10.6 Å². The molecule has 21 heavy (non-hydrogen) atoms. The number of benzene rings is 1. The maximum Gasteiger partial charge on any atom is 0.325 e. The molecule has 0 radical (unpaired) electrons. The molecule has 0 aromatic heterocycles. The quantitative estimate of drug-likeness (QED) is 0.546. The standard InChI is InChI=1S/C14H12N4O3/c1-9(14(20)21)18-13(19)11(7-16)8-17-12-4-2-10(6-15)3-5-12/h2-5,8-9,17H,1H3,(H,18,19)(H,20,21)/b11-8-. The SMILES string of the molecule is CC(NC(=O)/C(C#N)=C\Nc1ccc(C#N)cc1)C(=O)O. The molecule has 7 nitrogen and oxygen atoms in total. The van der Waals surface area contributed by atoms with Gasteiger partial charge in [0.05, 0.1) is 11.6 Å². The summed E-state index contributed by atoms with van der Waals surface area (Å²) in [5.74, 6) is -1.98. The number of hydrogen-bond donors (Lipinski definition) is 3. The van der Waals surface area contributed by atoms with Gasteiger partial charge in [0.25, 0.3) is 5.91 Å². The smallest absolute Gasteiger partial charge is 0.325 e. The monoisotopic (exact) mass is 284 g/mol. The van der Waals surface area contributed by atoms with Gasteiger partial charge in [-0.3, -0.25) is 9.59 Å². The molecule has 7 heteroatoms. The van der Waals surface area contributed by atoms with Crippen molar-refractivity contribution in [1.29, 1.82) is 10.5 Å². The lowest BCUT2D eigenvalue weighted by atomic mass is 10.2. The number of nitrogens with zero attached hydrogens (tertiary/aromatic N) is 2. The Balaban J connectivity index is 2.75. The van der Waals surface area contributed by atoms with Gasteiger partial charge in [-0.25, -0.2) is 0 Å². The lowest BCUT2D eigenvalue weighted by molar-refractivity contribution is -0.140. The summed E-state index contributed by atoms with van der Waals surface area (Å²) in [6.07, 6.45) is 1.17. The number of carboxylic acids is 1. The molecule has 0 bridgehead atoms. The van der Waals surface area contributed by atoms with Crippen LogP contribution in [0.5, 0.6) is 0 Å². The molecular weight excluding hydrogens is 272 g/mol. The third kappa shape index (κ3) is 4.69. The minimum atomic E-state index is -1.19. The molecule has 0 heterocycles. The van der Waals surface area contributed by atoms with Crippen LogP contribution < -0.4 is 10.6 Å². The van der Waals surface area contributed by atoms with Gasteiger partial charge in [0.1, 0.15) is 17.7 Å². The van der Waals surface area contributed by atoms with E-state index < -0.39 is 17.9 Å². The van der Waals surface area contributed by atoms with Gasteiger partial charge in [-0.15, -0.1) is 0 Å². The van der Waals surface area contributed by atoms with Crippen LogP contribution in [0.25, 0.3) is 0 Å². The number of hydrogen-bond acceptors (Lipinski definition) is 5. The van der Waals surface area contributed by atoms with Crippen LogP contribution in [-0.4, -0.2) is 23.0 Å². The van der Waals surface area contributed by atoms with Crippen molar-refractivity contribution in [2.24, 2.45) is 0 Å². The number of carboxylic acid groups (broad SMARTS) is 1. The Morgan fingerprint density at radius 3 is 2.38 bits per heavy atom. The van der Waals surface area contributed by atoms with E-state index >= 15 is 0 Å². The van der Waals surface area contributed by atoms with Crippen LogP contribution in [0.2, 0.25) is 0 Å². The van der Waals surface area contributed by atoms with E-state index in [0.29, 0.717) is 11.3 Å². The van der Waals surface area contributed by atoms with E-state index in [4.69, 9.17) is 15.6 Å². The number of rotatable bonds is 5. The first-order valence-corrected chi connectivity index (χ1v) is 5.88. The maximum absolute atomic E-state index is 11.7. The normalized spacial score (nSPS) is 11.7. The van der Waals surface area contributed by atoms with Crippen LogP contribution in [0, 0.1) is 22.7 Å². The number of anilines is 1. The lowest BCUT2D eigenvalue weighted by Gasteiger charge is -2.08. The minimum absolute atomic E-state index is 0.257. The van der Waals surface area contributed by atoms with Gasteiger partial charge in [0.15, 0.2) is 0 Å². The number of aliphatic carboxylic acids is 1. The summed E-state index contributed by atoms with van der Waals surface area (Å²) in [6, 6.07) is 8.93. The zero-order chi connectivity index (χ0) is 15.8. The zero-order valence-corrected chi connectivity index (χ0v) is 11.1. The van der Waals surface area contributed by atoms with Crippen molar-refractivity contribution in [3.8, 4) is 12.1 Å². The summed E-state index contributed by atoms with van der Waals surface area (Å²) in [7, 11) is 0. The average Bonchev–Trinajstić information content (AvgIpc) is 2.48. The Morgan fingerprint density at radius 2 is 1.90 bits per heavy atom. The molecule has 0 fully saturated rings. The van der Waals surface area contributed by atoms with E-state index in [0.717, 1.165) is 0 Å². The van der Waals surface area contributed by atoms with Crippen molar-refractivity contribution in [3.05, 3.63) is 41.6 Å². The number of amides is 1. The van der Waals surface area contributed by atoms with Crippen LogP contribution in [0.4, 0.5) is 5.69 Å². The fourth-order valence-corrected chi connectivity index (χ4v) is 1.28. The number of carbonyl (C=O) groups excluding carboxylic acids is 1. The second-order valence-corrected chi connectivity index (χ2v) is 4.04. The molecule has 0 saturated heterocycles. The Hall–Kier alpha value is -3.32. The van der Waals surface area contributed by atoms with E-state index in [1.54, 1.807) is 30.3 Å². The largest absolute Gasteiger partial charge is 0.480 e. The van der Waals surface area contributed by atoms with Crippen molar-refractivity contribution in [2.75, 3.05) is 5.32 Å². The molecule has 1 atom stereocenters. The molecular formula is C14H12N4O3. The van der Waals surface area contributed by atoms with Gasteiger partial charge in [0.2, 0.25) is 0 Å². The van der Waals surface area contributed by atoms with E-state index in [1.165, 1.54) is 13.1 Å². The van der Waals surface area contributed by atoms with Crippen LogP contribution in [0.3, 0.4) is 0 Å². The van der Waals surface area contributed by atoms with Gasteiger partial charge < -0.3 is 15.7 Å². The van der Waals surface area contributed by atoms with Crippen LogP contribution >= 0.6 is 0 Å². The van der Waals surface area contributed by atoms with Crippen molar-refractivity contribution >= 4 is 17.6 Å². The molecule has 1 unspecified atom stereocenters. The summed E-state index contributed by atoms with van der Waals surface area (Å²) in [4.78, 5) is 22.3. The second-order valence-electron chi connectivity index (χ2n) is 4.04. The van der Waals surface area contributed by atoms with Crippen molar-refractivity contribution in [3.63, 3.8) is 0 Å². The molecule has 0 aliphatic carbocycles. The Bertz CT molecular complexity index is 650. The zero-order valence-electron chi connectivity index (χ0n) is 11.1. The predicted octanol–water partition coefficient (Wildman–Crippen LogP) is 0.967. The van der Waals surface area contributed by atoms with Crippen molar-refractivity contribution < 1.29 is 14.7 Å². The first-order valence-electron chi connectivity index (χ1n) is 5.88. The van der Waals surface area contributed by atoms with Gasteiger partial charge in [-0.1, -0.05) is 0 Å². The molecule has 1 amide bonds. The fraction of sp³-hybridized carbons (Fsp3) is 0.143. The molecule has 1 aromatic carbocycles. The highest BCUT2D eigenvalue weighted by atomic mass is 16.4. The molecule has 0 aliphatic rings. The van der Waals surface area contributed by atoms with Crippen molar-refractivity contribution in [2.45, 2.75) is 13.0 Å². The number of carbonyl (C=O) groups is 2. The molecule has 3 N–H and O–H groups in total. The molecule has 0 saturated carbocycles. The van der Waals surface area contributed by atoms with Gasteiger partial charge >= 0.3 is 5.97 Å². The maximum atomic E-state index is 11.7. The summed E-state index contributed by atoms with van der Waals surface area (Å²) in [5, 5.41) is 31.1. The highest BCUT2D eigenvalue weighted by Gasteiger charge is 2.16. The van der Waals surface area contributed by atoms with Crippen LogP contribution in [0.15, 0.2) is 36.0 Å². The first-order chi connectivity index (χ1) is 9.97. The Kier molecular flexibility index (Phi) is 5.48. The summed E-state index contributed by atoms with van der Waals surface area (Å²) < 4.78 is 0. The molecule has 1 aromatic rings. The fourth-order valence-electron chi connectivity index (χ4n) is 1.28. The third-order valence-electron chi connectivity index (χ3n) is 2.48. The Labute approximate surface area is 121 Å². The van der Waals surface area contributed by atoms with Crippen molar-refractivity contribution in [1.82, 2.24) is 5.32 Å². The van der Waals surface area contributed by atoms with Gasteiger partial charge in [-0.2, -0.15) is 10.5 Å². The number of nitrogens with one attached hydrogen (secondary N) is 2. The number of nitriles is 2. The van der Waals surface area contributed by atoms with E-state index in [-0.39, 0.29) is 5.57 Å². The van der Waals surface area contributed by atoms with Crippen LogP contribution in [0.1, 0.15) is 12.5 Å². The lowest BCUT2D eigenvalue weighted by Crippen LogP contribution is -2.39. The molecule has 1 rings (SSSR count). The Morgan fingerprint density at radius 1 is 1.29 bits per heavy atom. The molecule has 0 spiro atoms. The van der Waals surface area contributed by atoms with E-state index in [9.17, 15) is 9.59 Å². The highest BCUT2D eigenvalue weighted by molar-refractivity contribution is 5.99. The highest BCUT2D eigenvalue weighted by Crippen LogP contribution is 2.09. The minimum Gasteiger partial charge on any atom is -0.480 e. The summed E-state index contributed by atoms with van der Waals surface area (Å²) >= 11 is 0. The van der Waals surface area contributed by atoms with Gasteiger partial charge in [0, 0.05) is 11.9 Å². The average molecular weight is 284 g/mol. The molecule has 106 valence electrons. The van der Waals surface area contributed by atoms with E-state index in [1.807, 2.05) is 6.07 Å². The molecule has 0 aliphatic heterocycles. The summed E-state index contributed by atoms with van der Waals surface area (Å²) in [6.45, 7) is 1.29.